The Labute approximate surface area is 216 Å². The van der Waals surface area contributed by atoms with Gasteiger partial charge in [-0.05, 0) is 69.0 Å². The van der Waals surface area contributed by atoms with E-state index in [4.69, 9.17) is 16.3 Å². The number of nitrogens with zero attached hydrogens (tertiary/aromatic N) is 2. The number of fused-ring (bicyclic) bond motifs is 1. The molecule has 36 heavy (non-hydrogen) atoms. The number of halogens is 1. The van der Waals surface area contributed by atoms with Gasteiger partial charge in [0.05, 0.1) is 23.3 Å². The molecule has 192 valence electrons. The molecule has 1 atom stereocenters. The number of aromatic hydroxyl groups is 1. The van der Waals surface area contributed by atoms with Crippen LogP contribution in [0.1, 0.15) is 69.2 Å². The topological polar surface area (TPSA) is 99.2 Å². The Morgan fingerprint density at radius 3 is 2.47 bits per heavy atom. The molecule has 0 spiro atoms. The molecule has 2 aliphatic rings. The predicted octanol–water partition coefficient (Wildman–Crippen LogP) is 3.89. The number of hydrogen-bond acceptors (Lipinski definition) is 6. The lowest BCUT2D eigenvalue weighted by Gasteiger charge is -2.25. The highest BCUT2D eigenvalue weighted by Crippen LogP contribution is 2.38. The van der Waals surface area contributed by atoms with Gasteiger partial charge < -0.3 is 15.2 Å². The third kappa shape index (κ3) is 5.06. The highest BCUT2D eigenvalue weighted by Gasteiger charge is 2.34. The molecular formula is C27H32ClN3O5. The van der Waals surface area contributed by atoms with E-state index in [1.807, 2.05) is 6.92 Å². The third-order valence-corrected chi connectivity index (χ3v) is 7.33. The molecule has 0 aliphatic carbocycles. The van der Waals surface area contributed by atoms with Crippen LogP contribution in [0.15, 0.2) is 30.3 Å². The molecule has 1 fully saturated rings. The minimum atomic E-state index is -0.418. The van der Waals surface area contributed by atoms with Gasteiger partial charge >= 0.3 is 0 Å². The normalized spacial score (nSPS) is 17.5. The van der Waals surface area contributed by atoms with Crippen molar-refractivity contribution < 1.29 is 24.2 Å². The SMILES string of the molecule is CCc1cc(Cl)c(OC)c(C(=O)NCC2CCCN2CCCCN2C(=O)c3ccccc3C2=O)c1O. The van der Waals surface area contributed by atoms with Crippen LogP contribution in [0.4, 0.5) is 0 Å². The zero-order valence-electron chi connectivity index (χ0n) is 20.7. The number of aryl methyl sites for hydroxylation is 1. The van der Waals surface area contributed by atoms with Crippen molar-refractivity contribution >= 4 is 29.3 Å². The van der Waals surface area contributed by atoms with Crippen LogP contribution in [-0.4, -0.2) is 72.0 Å². The van der Waals surface area contributed by atoms with Crippen LogP contribution in [-0.2, 0) is 6.42 Å². The van der Waals surface area contributed by atoms with Crippen LogP contribution in [0.3, 0.4) is 0 Å². The van der Waals surface area contributed by atoms with Crippen molar-refractivity contribution in [3.8, 4) is 11.5 Å². The van der Waals surface area contributed by atoms with E-state index in [2.05, 4.69) is 10.2 Å². The molecule has 2 N–H and O–H groups in total. The maximum atomic E-state index is 13.0. The first kappa shape index (κ1) is 26.0. The van der Waals surface area contributed by atoms with Crippen molar-refractivity contribution in [3.63, 3.8) is 0 Å². The Morgan fingerprint density at radius 2 is 1.83 bits per heavy atom. The van der Waals surface area contributed by atoms with Gasteiger partial charge in [0.1, 0.15) is 11.3 Å². The number of phenolic OH excluding ortho intramolecular Hbond substituents is 1. The molecule has 0 bridgehead atoms. The standard InChI is InChI=1S/C27H32ClN3O5/c1-3-17-15-21(28)24(36-2)22(23(17)32)25(33)29-16-18-9-8-13-30(18)12-6-7-14-31-26(34)19-10-4-5-11-20(19)27(31)35/h4-5,10-11,15,18,32H,3,6-9,12-14,16H2,1-2H3,(H,29,33). The summed E-state index contributed by atoms with van der Waals surface area (Å²) in [4.78, 5) is 41.7. The van der Waals surface area contributed by atoms with Gasteiger partial charge in [0.25, 0.3) is 17.7 Å². The molecule has 8 nitrogen and oxygen atoms in total. The lowest BCUT2D eigenvalue weighted by atomic mass is 10.0. The number of likely N-dealkylation sites (tertiary alicyclic amines) is 1. The number of imide groups is 1. The molecule has 0 saturated carbocycles. The molecule has 9 heteroatoms. The number of carbonyl (C=O) groups excluding carboxylic acids is 3. The van der Waals surface area contributed by atoms with Crippen molar-refractivity contribution in [1.82, 2.24) is 15.1 Å². The monoisotopic (exact) mass is 513 g/mol. The summed E-state index contributed by atoms with van der Waals surface area (Å²) in [5.74, 6) is -0.793. The zero-order chi connectivity index (χ0) is 25.8. The van der Waals surface area contributed by atoms with E-state index in [1.165, 1.54) is 12.0 Å². The molecule has 2 aromatic carbocycles. The van der Waals surface area contributed by atoms with Gasteiger partial charge in [0.15, 0.2) is 5.75 Å². The highest BCUT2D eigenvalue weighted by atomic mass is 35.5. The maximum absolute atomic E-state index is 13.0. The quantitative estimate of drug-likeness (QED) is 0.369. The van der Waals surface area contributed by atoms with Gasteiger partial charge in [0.2, 0.25) is 0 Å². The smallest absolute Gasteiger partial charge is 0.261 e. The fraction of sp³-hybridized carbons (Fsp3) is 0.444. The number of benzene rings is 2. The van der Waals surface area contributed by atoms with Crippen LogP contribution in [0.25, 0.3) is 0 Å². The highest BCUT2D eigenvalue weighted by molar-refractivity contribution is 6.33. The largest absolute Gasteiger partial charge is 0.507 e. The van der Waals surface area contributed by atoms with Crippen molar-refractivity contribution in [2.24, 2.45) is 0 Å². The maximum Gasteiger partial charge on any atom is 0.261 e. The van der Waals surface area contributed by atoms with Gasteiger partial charge in [-0.2, -0.15) is 0 Å². The first-order valence-electron chi connectivity index (χ1n) is 12.4. The number of unbranched alkanes of at least 4 members (excludes halogenated alkanes) is 1. The van der Waals surface area contributed by atoms with E-state index < -0.39 is 5.91 Å². The predicted molar refractivity (Wildman–Crippen MR) is 137 cm³/mol. The average molecular weight is 514 g/mol. The summed E-state index contributed by atoms with van der Waals surface area (Å²) >= 11 is 6.27. The summed E-state index contributed by atoms with van der Waals surface area (Å²) in [6.45, 7) is 4.46. The number of phenols is 1. The molecule has 2 aliphatic heterocycles. The fourth-order valence-corrected chi connectivity index (χ4v) is 5.40. The second kappa shape index (κ2) is 11.3. The molecule has 0 radical (unpaired) electrons. The first-order chi connectivity index (χ1) is 17.4. The van der Waals surface area contributed by atoms with E-state index in [9.17, 15) is 19.5 Å². The number of ether oxygens (including phenoxy) is 1. The van der Waals surface area contributed by atoms with Crippen molar-refractivity contribution in [1.29, 1.82) is 0 Å². The number of methoxy groups -OCH3 is 1. The number of nitrogens with one attached hydrogen (secondary N) is 1. The summed E-state index contributed by atoms with van der Waals surface area (Å²) in [7, 11) is 1.42. The summed E-state index contributed by atoms with van der Waals surface area (Å²) in [5, 5.41) is 13.8. The van der Waals surface area contributed by atoms with E-state index in [1.54, 1.807) is 30.3 Å². The van der Waals surface area contributed by atoms with Gasteiger partial charge in [-0.1, -0.05) is 30.7 Å². The Kier molecular flexibility index (Phi) is 8.16. The molecule has 0 aromatic heterocycles. The van der Waals surface area contributed by atoms with Crippen LogP contribution in [0, 0.1) is 0 Å². The fourth-order valence-electron chi connectivity index (χ4n) is 5.10. The minimum absolute atomic E-state index is 0.0624. The number of hydrogen-bond donors (Lipinski definition) is 2. The molecular weight excluding hydrogens is 482 g/mol. The Hall–Kier alpha value is -3.10. The average Bonchev–Trinajstić information content (AvgIpc) is 3.43. The lowest BCUT2D eigenvalue weighted by molar-refractivity contribution is 0.0650. The summed E-state index contributed by atoms with van der Waals surface area (Å²) in [6, 6.07) is 8.72. The van der Waals surface area contributed by atoms with Gasteiger partial charge in [-0.3, -0.25) is 24.2 Å². The van der Waals surface area contributed by atoms with Crippen molar-refractivity contribution in [3.05, 3.63) is 57.6 Å². The van der Waals surface area contributed by atoms with Crippen LogP contribution in [0.2, 0.25) is 5.02 Å². The molecule has 2 aromatic rings. The Balaban J connectivity index is 1.29. The number of rotatable bonds is 10. The van der Waals surface area contributed by atoms with Crippen molar-refractivity contribution in [2.75, 3.05) is 33.3 Å². The molecule has 1 unspecified atom stereocenters. The van der Waals surface area contributed by atoms with E-state index in [0.29, 0.717) is 42.6 Å². The van der Waals surface area contributed by atoms with Crippen LogP contribution >= 0.6 is 11.6 Å². The zero-order valence-corrected chi connectivity index (χ0v) is 21.4. The number of carbonyl (C=O) groups is 3. The Bertz CT molecular complexity index is 1130. The van der Waals surface area contributed by atoms with Crippen LogP contribution < -0.4 is 10.1 Å². The van der Waals surface area contributed by atoms with Gasteiger partial charge in [-0.25, -0.2) is 0 Å². The van der Waals surface area contributed by atoms with Gasteiger partial charge in [0, 0.05) is 19.1 Å². The summed E-state index contributed by atoms with van der Waals surface area (Å²) < 4.78 is 5.30. The van der Waals surface area contributed by atoms with E-state index in [-0.39, 0.29) is 39.9 Å². The molecule has 3 amide bonds. The van der Waals surface area contributed by atoms with E-state index in [0.717, 1.165) is 32.4 Å². The third-order valence-electron chi connectivity index (χ3n) is 7.05. The molecule has 4 rings (SSSR count). The van der Waals surface area contributed by atoms with Gasteiger partial charge in [-0.15, -0.1) is 0 Å². The van der Waals surface area contributed by atoms with Crippen LogP contribution in [0.5, 0.6) is 11.5 Å². The summed E-state index contributed by atoms with van der Waals surface area (Å²) in [5.41, 5.74) is 1.61. The van der Waals surface area contributed by atoms with Crippen molar-refractivity contribution in [2.45, 2.75) is 45.1 Å². The second-order valence-electron chi connectivity index (χ2n) is 9.18. The first-order valence-corrected chi connectivity index (χ1v) is 12.8. The Morgan fingerprint density at radius 1 is 1.17 bits per heavy atom. The molecule has 2 heterocycles. The van der Waals surface area contributed by atoms with E-state index >= 15 is 0 Å². The second-order valence-corrected chi connectivity index (χ2v) is 9.59. The number of amides is 3. The summed E-state index contributed by atoms with van der Waals surface area (Å²) in [6.07, 6.45) is 4.07. The molecule has 1 saturated heterocycles. The lowest BCUT2D eigenvalue weighted by Crippen LogP contribution is -2.41. The minimum Gasteiger partial charge on any atom is -0.507 e.